The van der Waals surface area contributed by atoms with Gasteiger partial charge in [0.05, 0.1) is 20.1 Å². The fourth-order valence-corrected chi connectivity index (χ4v) is 3.87. The zero-order valence-electron chi connectivity index (χ0n) is 21.3. The summed E-state index contributed by atoms with van der Waals surface area (Å²) in [5.41, 5.74) is 1.13. The number of esters is 1. The topological polar surface area (TPSA) is 104 Å². The summed E-state index contributed by atoms with van der Waals surface area (Å²) in [5.74, 6) is -1.09. The molecule has 3 rings (SSSR count). The van der Waals surface area contributed by atoms with Gasteiger partial charge in [-0.1, -0.05) is 35.9 Å². The average molecular weight is 525 g/mol. The van der Waals surface area contributed by atoms with Crippen molar-refractivity contribution in [2.45, 2.75) is 38.7 Å². The number of nitrogens with zero attached hydrogens (tertiary/aromatic N) is 1. The Hall–Kier alpha value is -3.91. The normalized spacial score (nSPS) is 11.8. The van der Waals surface area contributed by atoms with Crippen LogP contribution in [-0.4, -0.2) is 42.7 Å². The molecule has 0 saturated carbocycles. The Bertz CT molecular complexity index is 1300. The van der Waals surface area contributed by atoms with Gasteiger partial charge in [0.1, 0.15) is 17.0 Å². The number of benzene rings is 2. The molecular weight excluding hydrogens is 496 g/mol. The van der Waals surface area contributed by atoms with Gasteiger partial charge in [-0.3, -0.25) is 10.1 Å². The first-order valence-corrected chi connectivity index (χ1v) is 11.9. The number of Topliss-reactive ketones (excluding diaryl/α,β-unsaturated/α-hetero) is 1. The number of aromatic nitrogens is 1. The summed E-state index contributed by atoms with van der Waals surface area (Å²) in [6.45, 7) is 5.25. The molecule has 1 atom stereocenters. The average Bonchev–Trinajstić information content (AvgIpc) is 2.86. The summed E-state index contributed by atoms with van der Waals surface area (Å²) >= 11 is 6.25. The summed E-state index contributed by atoms with van der Waals surface area (Å²) < 4.78 is 15.5. The molecule has 0 aliphatic carbocycles. The third-order valence-electron chi connectivity index (χ3n) is 5.31. The lowest BCUT2D eigenvalue weighted by Gasteiger charge is -2.23. The molecule has 0 saturated heterocycles. The van der Waals surface area contributed by atoms with Gasteiger partial charge in [-0.15, -0.1) is 0 Å². The highest BCUT2D eigenvalue weighted by Gasteiger charge is 2.28. The highest BCUT2D eigenvalue weighted by molar-refractivity contribution is 6.31. The number of halogens is 1. The molecule has 0 bridgehead atoms. The number of pyridine rings is 1. The maximum atomic E-state index is 13.9. The number of hydrogen-bond acceptors (Lipinski definition) is 7. The van der Waals surface area contributed by atoms with Crippen LogP contribution in [0.1, 0.15) is 58.8 Å². The van der Waals surface area contributed by atoms with Crippen LogP contribution in [-0.2, 0) is 15.9 Å². The molecule has 37 heavy (non-hydrogen) atoms. The van der Waals surface area contributed by atoms with Crippen LogP contribution >= 0.6 is 11.6 Å². The number of ketones is 1. The first kappa shape index (κ1) is 27.7. The van der Waals surface area contributed by atoms with Gasteiger partial charge in [0.15, 0.2) is 5.78 Å². The molecule has 1 amide bonds. The van der Waals surface area contributed by atoms with E-state index in [0.717, 1.165) is 0 Å². The van der Waals surface area contributed by atoms with E-state index in [0.29, 0.717) is 33.3 Å². The maximum Gasteiger partial charge on any atom is 0.412 e. The van der Waals surface area contributed by atoms with Crippen LogP contribution < -0.4 is 10.1 Å². The Morgan fingerprint density at radius 2 is 1.73 bits per heavy atom. The largest absolute Gasteiger partial charge is 0.497 e. The standard InChI is InChI=1S/C28H29ClN2O6/c1-28(2,3)37-27(34)31-24-15-18(29)12-13-21(24)22(25(32)17-8-6-10-20(14-17)35-4)16-19-9-7-11-23(30-19)26(33)36-5/h6-15,22H,16H2,1-5H3,(H,31,34). The monoisotopic (exact) mass is 524 g/mol. The van der Waals surface area contributed by atoms with Crippen molar-refractivity contribution in [2.75, 3.05) is 19.5 Å². The molecule has 1 unspecified atom stereocenters. The first-order valence-electron chi connectivity index (χ1n) is 11.5. The van der Waals surface area contributed by atoms with Crippen LogP contribution in [0.15, 0.2) is 60.7 Å². The lowest BCUT2D eigenvalue weighted by atomic mass is 9.85. The summed E-state index contributed by atoms with van der Waals surface area (Å²) in [6.07, 6.45) is -0.555. The number of amides is 1. The molecule has 194 valence electrons. The van der Waals surface area contributed by atoms with Crippen molar-refractivity contribution < 1.29 is 28.6 Å². The summed E-state index contributed by atoms with van der Waals surface area (Å²) in [7, 11) is 2.79. The van der Waals surface area contributed by atoms with Crippen molar-refractivity contribution in [3.05, 3.63) is 88.2 Å². The van der Waals surface area contributed by atoms with Crippen LogP contribution in [0, 0.1) is 0 Å². The van der Waals surface area contributed by atoms with E-state index in [1.54, 1.807) is 75.4 Å². The van der Waals surface area contributed by atoms with Crippen molar-refractivity contribution in [3.8, 4) is 5.75 Å². The number of carbonyl (C=O) groups excluding carboxylic acids is 3. The first-order chi connectivity index (χ1) is 17.5. The molecule has 3 aromatic rings. The van der Waals surface area contributed by atoms with Crippen LogP contribution in [0.4, 0.5) is 10.5 Å². The third-order valence-corrected chi connectivity index (χ3v) is 5.55. The van der Waals surface area contributed by atoms with Gasteiger partial charge in [-0.25, -0.2) is 14.6 Å². The number of nitrogens with one attached hydrogen (secondary N) is 1. The van der Waals surface area contributed by atoms with Gasteiger partial charge in [-0.05, 0) is 62.7 Å². The molecule has 9 heteroatoms. The second-order valence-corrected chi connectivity index (χ2v) is 9.65. The Balaban J connectivity index is 2.09. The molecule has 1 N–H and O–H groups in total. The minimum atomic E-state index is -0.797. The molecule has 0 fully saturated rings. The quantitative estimate of drug-likeness (QED) is 0.281. The summed E-state index contributed by atoms with van der Waals surface area (Å²) in [4.78, 5) is 42.9. The number of carbonyl (C=O) groups is 3. The molecule has 0 aliphatic heterocycles. The van der Waals surface area contributed by atoms with Crippen LogP contribution in [0.5, 0.6) is 5.75 Å². The number of rotatable bonds is 8. The Kier molecular flexibility index (Phi) is 8.89. The number of ether oxygens (including phenoxy) is 3. The molecule has 1 aromatic heterocycles. The molecule has 0 spiro atoms. The highest BCUT2D eigenvalue weighted by atomic mass is 35.5. The van der Waals surface area contributed by atoms with Crippen molar-refractivity contribution in [3.63, 3.8) is 0 Å². The van der Waals surface area contributed by atoms with Crippen LogP contribution in [0.3, 0.4) is 0 Å². The number of hydrogen-bond donors (Lipinski definition) is 1. The zero-order valence-corrected chi connectivity index (χ0v) is 22.1. The van der Waals surface area contributed by atoms with E-state index in [2.05, 4.69) is 10.3 Å². The molecule has 2 aromatic carbocycles. The van der Waals surface area contributed by atoms with Gasteiger partial charge < -0.3 is 14.2 Å². The number of anilines is 1. The maximum absolute atomic E-state index is 13.9. The molecule has 0 radical (unpaired) electrons. The zero-order chi connectivity index (χ0) is 27.2. The van der Waals surface area contributed by atoms with Gasteiger partial charge in [0, 0.05) is 28.4 Å². The van der Waals surface area contributed by atoms with E-state index in [9.17, 15) is 14.4 Å². The lowest BCUT2D eigenvalue weighted by Crippen LogP contribution is -2.28. The minimum Gasteiger partial charge on any atom is -0.497 e. The molecule has 1 heterocycles. The van der Waals surface area contributed by atoms with Crippen molar-refractivity contribution in [2.24, 2.45) is 0 Å². The predicted molar refractivity (Wildman–Crippen MR) is 141 cm³/mol. The van der Waals surface area contributed by atoms with Crippen LogP contribution in [0.2, 0.25) is 5.02 Å². The Morgan fingerprint density at radius 3 is 2.41 bits per heavy atom. The fourth-order valence-electron chi connectivity index (χ4n) is 3.70. The van der Waals surface area contributed by atoms with Crippen molar-refractivity contribution in [1.82, 2.24) is 4.98 Å². The predicted octanol–water partition coefficient (Wildman–Crippen LogP) is 6.09. The van der Waals surface area contributed by atoms with E-state index >= 15 is 0 Å². The fraction of sp³-hybridized carbons (Fsp3) is 0.286. The van der Waals surface area contributed by atoms with Crippen molar-refractivity contribution in [1.29, 1.82) is 0 Å². The van der Waals surface area contributed by atoms with E-state index in [-0.39, 0.29) is 17.9 Å². The van der Waals surface area contributed by atoms with E-state index in [1.165, 1.54) is 20.3 Å². The highest BCUT2D eigenvalue weighted by Crippen LogP contribution is 2.33. The van der Waals surface area contributed by atoms with Gasteiger partial charge in [0.25, 0.3) is 0 Å². The Morgan fingerprint density at radius 1 is 1.00 bits per heavy atom. The summed E-state index contributed by atoms with van der Waals surface area (Å²) in [6, 6.07) is 16.6. The SMILES string of the molecule is COC(=O)c1cccc(CC(C(=O)c2cccc(OC)c2)c2ccc(Cl)cc2NC(=O)OC(C)(C)C)n1. The van der Waals surface area contributed by atoms with Gasteiger partial charge in [0.2, 0.25) is 0 Å². The van der Waals surface area contributed by atoms with Gasteiger partial charge in [-0.2, -0.15) is 0 Å². The number of methoxy groups -OCH3 is 2. The lowest BCUT2D eigenvalue weighted by molar-refractivity contribution is 0.0591. The molecular formula is C28H29ClN2O6. The summed E-state index contributed by atoms with van der Waals surface area (Å²) in [5, 5.41) is 3.09. The van der Waals surface area contributed by atoms with Gasteiger partial charge >= 0.3 is 12.1 Å². The van der Waals surface area contributed by atoms with E-state index in [1.807, 2.05) is 0 Å². The molecule has 0 aliphatic rings. The molecule has 8 nitrogen and oxygen atoms in total. The third kappa shape index (κ3) is 7.54. The Labute approximate surface area is 220 Å². The second-order valence-electron chi connectivity index (χ2n) is 9.22. The second kappa shape index (κ2) is 11.9. The minimum absolute atomic E-state index is 0.121. The van der Waals surface area contributed by atoms with E-state index in [4.69, 9.17) is 25.8 Å². The van der Waals surface area contributed by atoms with Crippen molar-refractivity contribution >= 4 is 35.1 Å². The smallest absolute Gasteiger partial charge is 0.412 e. The van der Waals surface area contributed by atoms with Crippen LogP contribution in [0.25, 0.3) is 0 Å². The van der Waals surface area contributed by atoms with E-state index < -0.39 is 23.6 Å².